The van der Waals surface area contributed by atoms with E-state index in [-0.39, 0.29) is 64.1 Å². The first-order valence-electron chi connectivity index (χ1n) is 1.88. The molecule has 0 aromatic rings. The minimum atomic E-state index is -1.92. The normalized spacial score (nSPS) is 5.71. The molecule has 0 amide bonds. The molecule has 11 heteroatoms. The summed E-state index contributed by atoms with van der Waals surface area (Å²) in [6.07, 6.45) is -5.64. The molecule has 0 aliphatic carbocycles. The van der Waals surface area contributed by atoms with Crippen LogP contribution in [0.1, 0.15) is 5.71 Å². The molecule has 0 aromatic carbocycles. The molecule has 0 atom stereocenters. The van der Waals surface area contributed by atoms with Crippen molar-refractivity contribution in [3.05, 3.63) is 0 Å². The second-order valence-corrected chi connectivity index (χ2v) is 0.986. The molecule has 0 fully saturated rings. The third kappa shape index (κ3) is 22.6. The van der Waals surface area contributed by atoms with Gasteiger partial charge in [-0.1, -0.05) is 0 Å². The first kappa shape index (κ1) is 29.2. The van der Waals surface area contributed by atoms with Crippen molar-refractivity contribution in [2.75, 3.05) is 0 Å². The Bertz CT molecular complexity index is 182. The van der Waals surface area contributed by atoms with Crippen LogP contribution in [0.5, 0.6) is 0 Å². The van der Waals surface area contributed by atoms with Crippen molar-refractivity contribution in [3.63, 3.8) is 0 Å². The summed E-state index contributed by atoms with van der Waals surface area (Å²) in [4.78, 5) is 28.8. The average molecular weight is 237 g/mol. The number of hydrogen-bond donors (Lipinski definition) is 4. The van der Waals surface area contributed by atoms with Gasteiger partial charge in [-0.25, -0.2) is 14.4 Å². The summed E-state index contributed by atoms with van der Waals surface area (Å²) in [6, 6.07) is 0. The van der Waals surface area contributed by atoms with Gasteiger partial charge in [0.05, 0.1) is 0 Å². The summed E-state index contributed by atoms with van der Waals surface area (Å²) in [7, 11) is 0. The van der Waals surface area contributed by atoms with Gasteiger partial charge in [0.15, 0.2) is 0 Å². The number of rotatable bonds is 0. The Kier molecular flexibility index (Phi) is 31.6. The minimum Gasteiger partial charge on any atom is -1.00 e. The number of carbonyl (C=O) groups is 3. The maximum atomic E-state index is 9.86. The molecule has 0 spiro atoms. The molecule has 0 saturated carbocycles. The summed E-state index contributed by atoms with van der Waals surface area (Å²) >= 11 is 0. The van der Waals surface area contributed by atoms with E-state index in [0.717, 1.165) is 0 Å². The Morgan fingerprint density at radius 1 is 0.857 bits per heavy atom. The molecular formula is C3H12Mg2N2O7. The van der Waals surface area contributed by atoms with E-state index in [9.17, 15) is 14.4 Å². The van der Waals surface area contributed by atoms with Crippen molar-refractivity contribution in [3.8, 4) is 0 Å². The number of carbonyl (C=O) groups excluding carboxylic acids is 1. The van der Waals surface area contributed by atoms with Crippen LogP contribution in [0, 0.1) is 0 Å². The summed E-state index contributed by atoms with van der Waals surface area (Å²) in [5.74, 6) is 0. The van der Waals surface area contributed by atoms with Gasteiger partial charge in [0.2, 0.25) is 0 Å². The summed E-state index contributed by atoms with van der Waals surface area (Å²) in [5, 5.41) is 15.4. The Labute approximate surface area is 117 Å². The van der Waals surface area contributed by atoms with Crippen molar-refractivity contribution in [2.45, 2.75) is 0 Å². The standard InChI is InChI=1S/C3H2O7.2Mg.2H3N.4H/c4-1(5)9-3(8)10-2(6)7;;;;;;;;/h(H,4,5)(H,6,7);;;2*1H3;;;;/q;2*+2;;;4*-1. The van der Waals surface area contributed by atoms with Crippen LogP contribution in [0.25, 0.3) is 0 Å². The first-order valence-corrected chi connectivity index (χ1v) is 1.88. The topological polar surface area (TPSA) is 180 Å². The van der Waals surface area contributed by atoms with Crippen LogP contribution >= 0.6 is 0 Å². The van der Waals surface area contributed by atoms with E-state index in [1.165, 1.54) is 0 Å². The molecule has 0 bridgehead atoms. The van der Waals surface area contributed by atoms with Crippen molar-refractivity contribution in [1.29, 1.82) is 0 Å². The molecule has 0 rings (SSSR count). The van der Waals surface area contributed by atoms with Gasteiger partial charge in [0.1, 0.15) is 0 Å². The zero-order chi connectivity index (χ0) is 8.15. The van der Waals surface area contributed by atoms with Crippen LogP contribution < -0.4 is 12.3 Å². The third-order valence-corrected chi connectivity index (χ3v) is 0.341. The van der Waals surface area contributed by atoms with E-state index in [4.69, 9.17) is 10.2 Å². The minimum absolute atomic E-state index is 0. The molecule has 0 radical (unpaired) electrons. The van der Waals surface area contributed by atoms with E-state index in [1.54, 1.807) is 0 Å². The summed E-state index contributed by atoms with van der Waals surface area (Å²) in [5.41, 5.74) is 0. The maximum Gasteiger partial charge on any atom is 2.00 e. The van der Waals surface area contributed by atoms with Gasteiger partial charge in [-0.3, -0.25) is 0 Å². The fourth-order valence-corrected chi connectivity index (χ4v) is 0.163. The van der Waals surface area contributed by atoms with Gasteiger partial charge in [-0.05, 0) is 0 Å². The Hall–Kier alpha value is -0.338. The monoisotopic (exact) mass is 236 g/mol. The SMILES string of the molecule is N.N.O=C(O)OC(=O)OC(=O)O.[H-].[H-].[H-].[H-].[Mg+2].[Mg+2]. The van der Waals surface area contributed by atoms with Crippen LogP contribution in [-0.4, -0.2) is 74.8 Å². The van der Waals surface area contributed by atoms with Crippen LogP contribution in [-0.2, 0) is 9.47 Å². The molecule has 0 heterocycles. The Morgan fingerprint density at radius 3 is 1.21 bits per heavy atom. The number of carboxylic acid groups (broad SMARTS) is 2. The van der Waals surface area contributed by atoms with E-state index in [1.807, 2.05) is 0 Å². The second kappa shape index (κ2) is 15.1. The molecule has 0 aromatic heterocycles. The largest absolute Gasteiger partial charge is 2.00 e. The van der Waals surface area contributed by atoms with Gasteiger partial charge in [0.25, 0.3) is 0 Å². The smallest absolute Gasteiger partial charge is 1.00 e. The fourth-order valence-electron chi connectivity index (χ4n) is 0.163. The molecule has 0 aliphatic rings. The van der Waals surface area contributed by atoms with Crippen molar-refractivity contribution in [1.82, 2.24) is 12.3 Å². The Morgan fingerprint density at radius 2 is 1.07 bits per heavy atom. The van der Waals surface area contributed by atoms with Gasteiger partial charge in [-0.2, -0.15) is 0 Å². The quantitative estimate of drug-likeness (QED) is 0.264. The fraction of sp³-hybridized carbons (Fsp3) is 0. The average Bonchev–Trinajstić information content (AvgIpc) is 1.58. The van der Waals surface area contributed by atoms with E-state index >= 15 is 0 Å². The van der Waals surface area contributed by atoms with Crippen LogP contribution in [0.15, 0.2) is 0 Å². The predicted octanol–water partition coefficient (Wildman–Crippen LogP) is 0.508. The molecule has 9 nitrogen and oxygen atoms in total. The van der Waals surface area contributed by atoms with Crippen LogP contribution in [0.4, 0.5) is 14.4 Å². The summed E-state index contributed by atoms with van der Waals surface area (Å²) in [6.45, 7) is 0. The van der Waals surface area contributed by atoms with E-state index < -0.39 is 18.5 Å². The van der Waals surface area contributed by atoms with Crippen molar-refractivity contribution in [2.24, 2.45) is 0 Å². The third-order valence-electron chi connectivity index (χ3n) is 0.341. The molecule has 0 unspecified atom stereocenters. The molecular weight excluding hydrogens is 225 g/mol. The maximum absolute atomic E-state index is 9.86. The predicted molar refractivity (Wildman–Crippen MR) is 49.6 cm³/mol. The molecule has 8 N–H and O–H groups in total. The van der Waals surface area contributed by atoms with Gasteiger partial charge in [0, 0.05) is 0 Å². The zero-order valence-corrected chi connectivity index (χ0v) is 10.1. The van der Waals surface area contributed by atoms with Crippen molar-refractivity contribution >= 4 is 64.6 Å². The number of ether oxygens (including phenoxy) is 2. The van der Waals surface area contributed by atoms with E-state index in [2.05, 4.69) is 9.47 Å². The van der Waals surface area contributed by atoms with Gasteiger partial charge >= 0.3 is 64.6 Å². The molecule has 14 heavy (non-hydrogen) atoms. The van der Waals surface area contributed by atoms with E-state index in [0.29, 0.717) is 0 Å². The Balaban J connectivity index is -0.0000000145. The number of hydrogen-bond acceptors (Lipinski definition) is 7. The summed E-state index contributed by atoms with van der Waals surface area (Å²) < 4.78 is 6.47. The van der Waals surface area contributed by atoms with Gasteiger partial charge in [-0.15, -0.1) is 0 Å². The molecule has 80 valence electrons. The van der Waals surface area contributed by atoms with Crippen molar-refractivity contribution < 1.29 is 39.8 Å². The van der Waals surface area contributed by atoms with Gasteiger partial charge < -0.3 is 37.7 Å². The molecule has 0 aliphatic heterocycles. The second-order valence-electron chi connectivity index (χ2n) is 0.986. The van der Waals surface area contributed by atoms with Crippen LogP contribution in [0.2, 0.25) is 0 Å². The zero-order valence-electron chi connectivity index (χ0n) is 11.3. The molecule has 0 saturated heterocycles. The van der Waals surface area contributed by atoms with Crippen LogP contribution in [0.3, 0.4) is 0 Å². The first-order chi connectivity index (χ1) is 4.52.